The second-order valence-electron chi connectivity index (χ2n) is 11.9. The minimum Gasteiger partial charge on any atom is -0.403 e. The molecule has 3 aromatic rings. The Kier molecular flexibility index (Phi) is 7.71. The molecule has 10 heteroatoms. The van der Waals surface area contributed by atoms with E-state index < -0.39 is 44.4 Å². The fourth-order valence-electron chi connectivity index (χ4n) is 5.71. The molecular formula is C31H35BN2O6S. The van der Waals surface area contributed by atoms with Crippen molar-refractivity contribution < 1.29 is 22.6 Å². The summed E-state index contributed by atoms with van der Waals surface area (Å²) in [7, 11) is -4.83. The molecule has 1 fully saturated rings. The smallest absolute Gasteiger partial charge is 0.403 e. The lowest BCUT2D eigenvalue weighted by molar-refractivity contribution is -0.387. The van der Waals surface area contributed by atoms with Crippen LogP contribution in [0.4, 0.5) is 5.69 Å². The Morgan fingerprint density at radius 3 is 2.05 bits per heavy atom. The Balaban J connectivity index is 1.64. The van der Waals surface area contributed by atoms with E-state index in [0.29, 0.717) is 12.7 Å². The zero-order chi connectivity index (χ0) is 29.5. The van der Waals surface area contributed by atoms with Crippen molar-refractivity contribution in [3.8, 4) is 0 Å². The molecule has 214 valence electrons. The molecule has 0 aliphatic carbocycles. The summed E-state index contributed by atoms with van der Waals surface area (Å²) in [6.07, 6.45) is 3.09. The number of nitro benzene ring substituents is 1. The molecule has 41 heavy (non-hydrogen) atoms. The van der Waals surface area contributed by atoms with Gasteiger partial charge in [-0.3, -0.25) is 10.1 Å². The van der Waals surface area contributed by atoms with Crippen molar-refractivity contribution in [2.45, 2.75) is 56.5 Å². The third kappa shape index (κ3) is 5.88. The summed E-state index contributed by atoms with van der Waals surface area (Å²) in [5, 5.41) is 11.8. The summed E-state index contributed by atoms with van der Waals surface area (Å²) >= 11 is 0. The fourth-order valence-corrected chi connectivity index (χ4v) is 7.38. The topological polar surface area (TPSA) is 99.0 Å². The monoisotopic (exact) mass is 574 g/mol. The molecule has 1 saturated heterocycles. The minimum absolute atomic E-state index is 0.0816. The van der Waals surface area contributed by atoms with Crippen LogP contribution >= 0.6 is 0 Å². The van der Waals surface area contributed by atoms with Gasteiger partial charge in [-0.15, -0.1) is 0 Å². The van der Waals surface area contributed by atoms with Crippen LogP contribution in [0, 0.1) is 15.5 Å². The average molecular weight is 575 g/mol. The number of para-hydroxylation sites is 1. The lowest BCUT2D eigenvalue weighted by Crippen LogP contribution is -2.47. The number of hydrogen-bond acceptors (Lipinski definition) is 6. The van der Waals surface area contributed by atoms with Crippen LogP contribution in [0.5, 0.6) is 0 Å². The Hall–Kier alpha value is -3.31. The molecule has 0 radical (unpaired) electrons. The molecule has 2 aliphatic rings. The van der Waals surface area contributed by atoms with Gasteiger partial charge < -0.3 is 9.31 Å². The highest BCUT2D eigenvalue weighted by Crippen LogP contribution is 2.46. The van der Waals surface area contributed by atoms with E-state index in [-0.39, 0.29) is 18.0 Å². The van der Waals surface area contributed by atoms with E-state index in [9.17, 15) is 18.5 Å². The van der Waals surface area contributed by atoms with Crippen molar-refractivity contribution in [2.75, 3.05) is 13.1 Å². The quantitative estimate of drug-likeness (QED) is 0.186. The molecule has 0 spiro atoms. The van der Waals surface area contributed by atoms with Crippen molar-refractivity contribution in [3.05, 3.63) is 112 Å². The van der Waals surface area contributed by atoms with Crippen LogP contribution in [-0.4, -0.2) is 49.1 Å². The first kappa shape index (κ1) is 29.2. The van der Waals surface area contributed by atoms with E-state index in [1.807, 2.05) is 88.4 Å². The predicted molar refractivity (Wildman–Crippen MR) is 160 cm³/mol. The first-order valence-corrected chi connectivity index (χ1v) is 15.2. The van der Waals surface area contributed by atoms with E-state index >= 15 is 0 Å². The zero-order valence-corrected chi connectivity index (χ0v) is 24.6. The van der Waals surface area contributed by atoms with Crippen molar-refractivity contribution in [1.82, 2.24) is 4.31 Å². The molecule has 1 atom stereocenters. The summed E-state index contributed by atoms with van der Waals surface area (Å²) in [6, 6.07) is 25.1. The number of hydrogen-bond donors (Lipinski definition) is 0. The van der Waals surface area contributed by atoms with Crippen LogP contribution < -0.4 is 0 Å². The van der Waals surface area contributed by atoms with E-state index in [4.69, 9.17) is 9.31 Å². The minimum atomic E-state index is -4.25. The number of rotatable bonds is 8. The van der Waals surface area contributed by atoms with Gasteiger partial charge in [-0.1, -0.05) is 78.9 Å². The number of nitro groups is 1. The van der Waals surface area contributed by atoms with Crippen LogP contribution in [0.3, 0.4) is 0 Å². The zero-order valence-electron chi connectivity index (χ0n) is 23.8. The third-order valence-electron chi connectivity index (χ3n) is 8.42. The number of benzene rings is 3. The molecule has 0 aromatic heterocycles. The van der Waals surface area contributed by atoms with Crippen LogP contribution in [-0.2, 0) is 25.8 Å². The lowest BCUT2D eigenvalue weighted by atomic mass is 9.63. The highest BCUT2D eigenvalue weighted by Gasteiger charge is 2.54. The normalized spacial score (nSPS) is 22.3. The first-order valence-electron chi connectivity index (χ1n) is 13.7. The highest BCUT2D eigenvalue weighted by molar-refractivity contribution is 7.89. The van der Waals surface area contributed by atoms with Crippen molar-refractivity contribution in [1.29, 1.82) is 0 Å². The largest absolute Gasteiger partial charge is 0.458 e. The van der Waals surface area contributed by atoms with Gasteiger partial charge in [0.2, 0.25) is 10.0 Å². The third-order valence-corrected chi connectivity index (χ3v) is 10.3. The summed E-state index contributed by atoms with van der Waals surface area (Å²) in [5.74, 6) is 0. The summed E-state index contributed by atoms with van der Waals surface area (Å²) in [5.41, 5.74) is 0.474. The molecule has 0 amide bonds. The molecule has 2 aliphatic heterocycles. The molecule has 0 saturated carbocycles. The highest BCUT2D eigenvalue weighted by atomic mass is 32.2. The van der Waals surface area contributed by atoms with Gasteiger partial charge in [0, 0.05) is 24.6 Å². The maximum Gasteiger partial charge on any atom is 0.458 e. The molecule has 3 aromatic carbocycles. The summed E-state index contributed by atoms with van der Waals surface area (Å²) in [6.45, 7) is 8.17. The van der Waals surface area contributed by atoms with Crippen LogP contribution in [0.25, 0.3) is 5.57 Å². The first-order chi connectivity index (χ1) is 19.3. The van der Waals surface area contributed by atoms with Gasteiger partial charge in [-0.05, 0) is 63.2 Å². The van der Waals surface area contributed by atoms with E-state index in [1.165, 1.54) is 28.6 Å². The number of nitrogens with zero attached hydrogens (tertiary/aromatic N) is 2. The molecular weight excluding hydrogens is 539 g/mol. The van der Waals surface area contributed by atoms with E-state index in [0.717, 1.165) is 16.7 Å². The second kappa shape index (κ2) is 10.8. The van der Waals surface area contributed by atoms with Crippen molar-refractivity contribution in [3.63, 3.8) is 0 Å². The second-order valence-corrected chi connectivity index (χ2v) is 13.9. The Bertz CT molecular complexity index is 1540. The van der Waals surface area contributed by atoms with Gasteiger partial charge in [0.1, 0.15) is 0 Å². The molecule has 0 bridgehead atoms. The van der Waals surface area contributed by atoms with E-state index in [1.54, 1.807) is 0 Å². The van der Waals surface area contributed by atoms with Crippen molar-refractivity contribution >= 4 is 28.4 Å². The molecule has 2 heterocycles. The van der Waals surface area contributed by atoms with Crippen LogP contribution in [0.1, 0.15) is 38.8 Å². The van der Waals surface area contributed by atoms with Crippen LogP contribution in [0.2, 0.25) is 6.32 Å². The average Bonchev–Trinajstić information content (AvgIpc) is 3.14. The maximum atomic E-state index is 14.2. The SMILES string of the molecule is CC1(C)OB(C[C@@]2(Cc3ccccc3)C=C(c3ccccc3)CN(S(=O)(=O)c3ccccc3[N+](=O)[O-])C2)OC1(C)C. The van der Waals surface area contributed by atoms with Gasteiger partial charge in [0.25, 0.3) is 5.69 Å². The number of sulfonamides is 1. The Morgan fingerprint density at radius 1 is 0.878 bits per heavy atom. The van der Waals surface area contributed by atoms with Gasteiger partial charge >= 0.3 is 7.12 Å². The summed E-state index contributed by atoms with van der Waals surface area (Å²) in [4.78, 5) is 10.9. The predicted octanol–water partition coefficient (Wildman–Crippen LogP) is 6.00. The molecule has 0 unspecified atom stereocenters. The fraction of sp³-hybridized carbons (Fsp3) is 0.355. The van der Waals surface area contributed by atoms with Gasteiger partial charge in [-0.25, -0.2) is 8.42 Å². The Morgan fingerprint density at radius 2 is 1.44 bits per heavy atom. The molecule has 8 nitrogen and oxygen atoms in total. The van der Waals surface area contributed by atoms with Crippen LogP contribution in [0.15, 0.2) is 95.9 Å². The van der Waals surface area contributed by atoms with Gasteiger partial charge in [-0.2, -0.15) is 4.31 Å². The van der Waals surface area contributed by atoms with E-state index in [2.05, 4.69) is 6.08 Å². The van der Waals surface area contributed by atoms with Gasteiger partial charge in [0.15, 0.2) is 4.90 Å². The van der Waals surface area contributed by atoms with Crippen molar-refractivity contribution in [2.24, 2.45) is 5.41 Å². The summed E-state index contributed by atoms with van der Waals surface area (Å²) < 4.78 is 42.6. The molecule has 5 rings (SSSR count). The molecule has 0 N–H and O–H groups in total. The Labute approximate surface area is 242 Å². The lowest BCUT2D eigenvalue weighted by Gasteiger charge is -2.41. The van der Waals surface area contributed by atoms with Gasteiger partial charge in [0.05, 0.1) is 16.1 Å². The maximum absolute atomic E-state index is 14.2. The standard InChI is InChI=1S/C31H35BN2O6S/c1-29(2)30(3,4)40-32(39-29)22-31(19-24-13-7-5-8-14-24)20-26(25-15-9-6-10-16-25)21-33(23-31)41(37,38)28-18-12-11-17-27(28)34(35)36/h5-18,20H,19,21-23H2,1-4H3/t31-/m1/s1.